The number of benzene rings is 1. The minimum Gasteiger partial charge on any atom is -0.326 e. The van der Waals surface area contributed by atoms with E-state index in [4.69, 9.17) is 0 Å². The van der Waals surface area contributed by atoms with Gasteiger partial charge in [-0.3, -0.25) is 4.68 Å². The van der Waals surface area contributed by atoms with Crippen LogP contribution in [0.3, 0.4) is 0 Å². The van der Waals surface area contributed by atoms with Gasteiger partial charge >= 0.3 is 0 Å². The molecule has 0 amide bonds. The van der Waals surface area contributed by atoms with Crippen LogP contribution in [0.2, 0.25) is 0 Å². The van der Waals surface area contributed by atoms with E-state index in [1.165, 1.54) is 5.56 Å². The molecule has 0 aliphatic heterocycles. The zero-order valence-corrected chi connectivity index (χ0v) is 9.63. The summed E-state index contributed by atoms with van der Waals surface area (Å²) in [5, 5.41) is 0. The first kappa shape index (κ1) is 10.8. The zero-order valence-electron chi connectivity index (χ0n) is 9.63. The average molecular weight is 214 g/mol. The van der Waals surface area contributed by atoms with Crippen molar-refractivity contribution >= 4 is 0 Å². The van der Waals surface area contributed by atoms with E-state index < -0.39 is 0 Å². The summed E-state index contributed by atoms with van der Waals surface area (Å²) in [5.41, 5.74) is 4.76. The summed E-state index contributed by atoms with van der Waals surface area (Å²) in [4.78, 5) is 0. The molecule has 1 aromatic carbocycles. The topological polar surface area (TPSA) is 17.0 Å². The molecule has 2 heteroatoms. The Hall–Kier alpha value is -1.70. The van der Waals surface area contributed by atoms with Gasteiger partial charge in [0.05, 0.1) is 0 Å². The summed E-state index contributed by atoms with van der Waals surface area (Å²) in [6.07, 6.45) is 5.18. The van der Waals surface area contributed by atoms with Crippen molar-refractivity contribution in [3.05, 3.63) is 60.4 Å². The van der Waals surface area contributed by atoms with Gasteiger partial charge in [0.15, 0.2) is 0 Å². The molecule has 84 valence electrons. The highest BCUT2D eigenvalue weighted by Gasteiger charge is 2.03. The van der Waals surface area contributed by atoms with Gasteiger partial charge in [-0.25, -0.2) is 0 Å². The van der Waals surface area contributed by atoms with Crippen LogP contribution in [0, 0.1) is 0 Å². The van der Waals surface area contributed by atoms with Crippen molar-refractivity contribution in [2.24, 2.45) is 0 Å². The minimum absolute atomic E-state index is 0.601. The first-order valence-electron chi connectivity index (χ1n) is 5.78. The summed E-state index contributed by atoms with van der Waals surface area (Å²) in [6.45, 7) is 3.26. The van der Waals surface area contributed by atoms with Crippen LogP contribution in [-0.4, -0.2) is 11.2 Å². The Balaban J connectivity index is 1.78. The van der Waals surface area contributed by atoms with Crippen molar-refractivity contribution in [3.8, 4) is 0 Å². The van der Waals surface area contributed by atoms with E-state index >= 15 is 0 Å². The van der Waals surface area contributed by atoms with Gasteiger partial charge in [0, 0.05) is 18.9 Å². The summed E-state index contributed by atoms with van der Waals surface area (Å²) in [5.74, 6) is 0.601. The second-order valence-electron chi connectivity index (χ2n) is 4.10. The third-order valence-corrected chi connectivity index (χ3v) is 2.84. The van der Waals surface area contributed by atoms with Gasteiger partial charge < -0.3 is 5.43 Å². The second kappa shape index (κ2) is 5.40. The fourth-order valence-electron chi connectivity index (χ4n) is 1.80. The Bertz CT molecular complexity index is 392. The quantitative estimate of drug-likeness (QED) is 0.808. The highest BCUT2D eigenvalue weighted by atomic mass is 15.4. The Morgan fingerprint density at radius 1 is 1.06 bits per heavy atom. The van der Waals surface area contributed by atoms with Crippen molar-refractivity contribution < 1.29 is 0 Å². The molecule has 0 bridgehead atoms. The maximum absolute atomic E-state index is 3.34. The average Bonchev–Trinajstić information content (AvgIpc) is 2.83. The summed E-state index contributed by atoms with van der Waals surface area (Å²) < 4.78 is 2.00. The summed E-state index contributed by atoms with van der Waals surface area (Å²) in [7, 11) is 0. The van der Waals surface area contributed by atoms with Gasteiger partial charge in [0.2, 0.25) is 0 Å². The molecule has 0 aliphatic rings. The fourth-order valence-corrected chi connectivity index (χ4v) is 1.80. The van der Waals surface area contributed by atoms with E-state index in [1.54, 1.807) is 0 Å². The van der Waals surface area contributed by atoms with Gasteiger partial charge in [-0.2, -0.15) is 0 Å². The van der Waals surface area contributed by atoms with Crippen molar-refractivity contribution in [1.82, 2.24) is 4.68 Å². The molecular formula is C14H18N2. The molecule has 0 aliphatic carbocycles. The van der Waals surface area contributed by atoms with Crippen LogP contribution in [0.5, 0.6) is 0 Å². The summed E-state index contributed by atoms with van der Waals surface area (Å²) in [6, 6.07) is 14.7. The van der Waals surface area contributed by atoms with E-state index in [2.05, 4.69) is 42.7 Å². The molecule has 0 saturated heterocycles. The van der Waals surface area contributed by atoms with E-state index in [9.17, 15) is 0 Å². The SMILES string of the molecule is CC(CCNn1cccc1)c1ccccc1. The largest absolute Gasteiger partial charge is 0.326 e. The van der Waals surface area contributed by atoms with Crippen LogP contribution in [0.1, 0.15) is 24.8 Å². The minimum atomic E-state index is 0.601. The van der Waals surface area contributed by atoms with Gasteiger partial charge in [0.25, 0.3) is 0 Å². The molecule has 16 heavy (non-hydrogen) atoms. The molecule has 2 rings (SSSR count). The lowest BCUT2D eigenvalue weighted by Crippen LogP contribution is -2.15. The van der Waals surface area contributed by atoms with E-state index in [1.807, 2.05) is 29.2 Å². The van der Waals surface area contributed by atoms with E-state index in [0.717, 1.165) is 13.0 Å². The van der Waals surface area contributed by atoms with Crippen LogP contribution in [0.15, 0.2) is 54.9 Å². The Morgan fingerprint density at radius 3 is 2.44 bits per heavy atom. The number of hydrogen-bond donors (Lipinski definition) is 1. The lowest BCUT2D eigenvalue weighted by molar-refractivity contribution is 0.672. The molecular weight excluding hydrogens is 196 g/mol. The van der Waals surface area contributed by atoms with E-state index in [0.29, 0.717) is 5.92 Å². The van der Waals surface area contributed by atoms with Gasteiger partial charge in [-0.1, -0.05) is 37.3 Å². The van der Waals surface area contributed by atoms with Crippen molar-refractivity contribution in [2.45, 2.75) is 19.3 Å². The Labute approximate surface area is 96.9 Å². The monoisotopic (exact) mass is 214 g/mol. The lowest BCUT2D eigenvalue weighted by Gasteiger charge is -2.13. The van der Waals surface area contributed by atoms with Gasteiger partial charge in [-0.15, -0.1) is 0 Å². The molecule has 0 radical (unpaired) electrons. The van der Waals surface area contributed by atoms with Crippen LogP contribution in [0.4, 0.5) is 0 Å². The molecule has 0 fully saturated rings. The molecule has 1 unspecified atom stereocenters. The molecule has 2 nitrogen and oxygen atoms in total. The maximum atomic E-state index is 3.34. The molecule has 2 aromatic rings. The van der Waals surface area contributed by atoms with Gasteiger partial charge in [0.1, 0.15) is 0 Å². The molecule has 1 heterocycles. The Morgan fingerprint density at radius 2 is 1.75 bits per heavy atom. The molecule has 1 N–H and O–H groups in total. The van der Waals surface area contributed by atoms with Crippen molar-refractivity contribution in [1.29, 1.82) is 0 Å². The molecule has 0 saturated carbocycles. The lowest BCUT2D eigenvalue weighted by atomic mass is 9.98. The standard InChI is InChI=1S/C14H18N2/c1-13(14-7-3-2-4-8-14)9-10-15-16-11-5-6-12-16/h2-8,11-13,15H,9-10H2,1H3. The van der Waals surface area contributed by atoms with Crippen LogP contribution >= 0.6 is 0 Å². The maximum Gasteiger partial charge on any atom is 0.0319 e. The first-order chi connectivity index (χ1) is 7.86. The number of rotatable bonds is 5. The highest BCUT2D eigenvalue weighted by Crippen LogP contribution is 2.17. The highest BCUT2D eigenvalue weighted by molar-refractivity contribution is 5.18. The van der Waals surface area contributed by atoms with Crippen molar-refractivity contribution in [2.75, 3.05) is 12.0 Å². The van der Waals surface area contributed by atoms with Crippen LogP contribution in [0.25, 0.3) is 0 Å². The zero-order chi connectivity index (χ0) is 11.2. The normalized spacial score (nSPS) is 12.3. The third kappa shape index (κ3) is 2.89. The first-order valence-corrected chi connectivity index (χ1v) is 5.78. The molecule has 1 atom stereocenters. The van der Waals surface area contributed by atoms with Crippen LogP contribution < -0.4 is 5.43 Å². The third-order valence-electron chi connectivity index (χ3n) is 2.84. The Kier molecular flexibility index (Phi) is 3.65. The van der Waals surface area contributed by atoms with Gasteiger partial charge in [-0.05, 0) is 30.0 Å². The fraction of sp³-hybridized carbons (Fsp3) is 0.286. The van der Waals surface area contributed by atoms with E-state index in [-0.39, 0.29) is 0 Å². The smallest absolute Gasteiger partial charge is 0.0319 e. The molecule has 1 aromatic heterocycles. The number of nitrogens with zero attached hydrogens (tertiary/aromatic N) is 1. The predicted octanol–water partition coefficient (Wildman–Crippen LogP) is 3.23. The second-order valence-corrected chi connectivity index (χ2v) is 4.10. The molecule has 0 spiro atoms. The van der Waals surface area contributed by atoms with Crippen LogP contribution in [-0.2, 0) is 0 Å². The summed E-state index contributed by atoms with van der Waals surface area (Å²) >= 11 is 0. The number of nitrogens with one attached hydrogen (secondary N) is 1. The number of hydrogen-bond acceptors (Lipinski definition) is 1. The number of aromatic nitrogens is 1. The van der Waals surface area contributed by atoms with Crippen molar-refractivity contribution in [3.63, 3.8) is 0 Å². The predicted molar refractivity (Wildman–Crippen MR) is 68.1 cm³/mol.